The molecule has 1 aromatic carbocycles. The second-order valence-electron chi connectivity index (χ2n) is 5.61. The Hall–Kier alpha value is -2.95. The topological polar surface area (TPSA) is 83.2 Å². The molecule has 142 valence electrons. The first kappa shape index (κ1) is 18.8. The van der Waals surface area contributed by atoms with Crippen molar-refractivity contribution in [1.29, 1.82) is 0 Å². The number of halogens is 3. The highest BCUT2D eigenvalue weighted by Gasteiger charge is 2.35. The standard InChI is InChI=1S/C16H12F3N3O4S/c1-21-12(16(17,18)19)7-13(23)22(15(21)25)8-3-4-11-9(5-8)10(20-27-11)6-14(24)26-2/h3-5,7H,6H2,1-2H3. The number of benzene rings is 1. The van der Waals surface area contributed by atoms with Crippen molar-refractivity contribution in [2.45, 2.75) is 12.6 Å². The Kier molecular flexibility index (Phi) is 4.64. The van der Waals surface area contributed by atoms with E-state index in [2.05, 4.69) is 9.11 Å². The van der Waals surface area contributed by atoms with Crippen LogP contribution in [0.4, 0.5) is 13.2 Å². The van der Waals surface area contributed by atoms with Gasteiger partial charge in [-0.3, -0.25) is 14.2 Å². The van der Waals surface area contributed by atoms with Crippen LogP contribution in [0.5, 0.6) is 0 Å². The largest absolute Gasteiger partial charge is 0.469 e. The van der Waals surface area contributed by atoms with E-state index in [4.69, 9.17) is 0 Å². The zero-order chi connectivity index (χ0) is 19.9. The third-order valence-electron chi connectivity index (χ3n) is 3.94. The number of rotatable bonds is 3. The minimum Gasteiger partial charge on any atom is -0.469 e. The molecule has 7 nitrogen and oxygen atoms in total. The number of nitrogens with zero attached hydrogens (tertiary/aromatic N) is 3. The fourth-order valence-corrected chi connectivity index (χ4v) is 3.36. The van der Waals surface area contributed by atoms with Gasteiger partial charge in [0.15, 0.2) is 0 Å². The highest BCUT2D eigenvalue weighted by Crippen LogP contribution is 2.28. The van der Waals surface area contributed by atoms with E-state index >= 15 is 0 Å². The summed E-state index contributed by atoms with van der Waals surface area (Å²) in [4.78, 5) is 36.1. The zero-order valence-corrected chi connectivity index (χ0v) is 14.8. The molecule has 0 bridgehead atoms. The van der Waals surface area contributed by atoms with Crippen LogP contribution in [0.3, 0.4) is 0 Å². The monoisotopic (exact) mass is 399 g/mol. The molecule has 27 heavy (non-hydrogen) atoms. The van der Waals surface area contributed by atoms with E-state index < -0.39 is 29.1 Å². The summed E-state index contributed by atoms with van der Waals surface area (Å²) >= 11 is 1.11. The molecule has 3 rings (SSSR count). The maximum atomic E-state index is 13.0. The van der Waals surface area contributed by atoms with Gasteiger partial charge in [0.25, 0.3) is 5.56 Å². The fraction of sp³-hybridized carbons (Fsp3) is 0.250. The first-order chi connectivity index (χ1) is 12.6. The van der Waals surface area contributed by atoms with Crippen LogP contribution in [0, 0.1) is 0 Å². The van der Waals surface area contributed by atoms with Gasteiger partial charge in [0.05, 0.1) is 29.6 Å². The van der Waals surface area contributed by atoms with E-state index in [1.54, 1.807) is 6.07 Å². The first-order valence-electron chi connectivity index (χ1n) is 7.49. The first-order valence-corrected chi connectivity index (χ1v) is 8.26. The van der Waals surface area contributed by atoms with Crippen LogP contribution in [0.25, 0.3) is 15.8 Å². The molecule has 0 spiro atoms. The van der Waals surface area contributed by atoms with Gasteiger partial charge in [0.1, 0.15) is 5.69 Å². The van der Waals surface area contributed by atoms with Gasteiger partial charge in [-0.25, -0.2) is 9.36 Å². The maximum Gasteiger partial charge on any atom is 0.431 e. The van der Waals surface area contributed by atoms with Crippen LogP contribution < -0.4 is 11.2 Å². The van der Waals surface area contributed by atoms with Gasteiger partial charge < -0.3 is 4.74 Å². The van der Waals surface area contributed by atoms with Crippen molar-refractivity contribution in [3.63, 3.8) is 0 Å². The SMILES string of the molecule is COC(=O)Cc1nsc2ccc(-n3c(=O)cc(C(F)(F)F)n(C)c3=O)cc12. The average Bonchev–Trinajstić information content (AvgIpc) is 2.99. The van der Waals surface area contributed by atoms with Gasteiger partial charge in [-0.1, -0.05) is 0 Å². The summed E-state index contributed by atoms with van der Waals surface area (Å²) in [6.45, 7) is 0. The minimum absolute atomic E-state index is 0.0770. The molecule has 0 aliphatic rings. The van der Waals surface area contributed by atoms with Gasteiger partial charge in [0, 0.05) is 18.5 Å². The number of esters is 1. The van der Waals surface area contributed by atoms with Crippen molar-refractivity contribution < 1.29 is 22.7 Å². The predicted octanol–water partition coefficient (Wildman–Crippen LogP) is 1.88. The normalized spacial score (nSPS) is 11.7. The summed E-state index contributed by atoms with van der Waals surface area (Å²) in [5, 5.41) is 0.511. The Morgan fingerprint density at radius 1 is 1.26 bits per heavy atom. The minimum atomic E-state index is -4.83. The van der Waals surface area contributed by atoms with Gasteiger partial charge in [-0.15, -0.1) is 0 Å². The number of carbonyl (C=O) groups excluding carboxylic acids is 1. The Morgan fingerprint density at radius 2 is 1.96 bits per heavy atom. The van der Waals surface area contributed by atoms with Crippen LogP contribution >= 0.6 is 11.5 Å². The van der Waals surface area contributed by atoms with Gasteiger partial charge in [0.2, 0.25) is 0 Å². The number of hydrogen-bond donors (Lipinski definition) is 0. The summed E-state index contributed by atoms with van der Waals surface area (Å²) in [5.74, 6) is -0.518. The van der Waals surface area contributed by atoms with E-state index in [-0.39, 0.29) is 12.1 Å². The summed E-state index contributed by atoms with van der Waals surface area (Å²) in [6.07, 6.45) is -4.94. The highest BCUT2D eigenvalue weighted by molar-refractivity contribution is 7.13. The molecule has 0 radical (unpaired) electrons. The number of fused-ring (bicyclic) bond motifs is 1. The predicted molar refractivity (Wildman–Crippen MR) is 91.2 cm³/mol. The third kappa shape index (κ3) is 3.37. The van der Waals surface area contributed by atoms with E-state index in [0.29, 0.717) is 31.0 Å². The fourth-order valence-electron chi connectivity index (χ4n) is 2.59. The maximum absolute atomic E-state index is 13.0. The van der Waals surface area contributed by atoms with E-state index in [0.717, 1.165) is 18.6 Å². The second kappa shape index (κ2) is 6.65. The van der Waals surface area contributed by atoms with Crippen molar-refractivity contribution in [3.05, 3.63) is 56.5 Å². The van der Waals surface area contributed by atoms with Crippen molar-refractivity contribution in [2.75, 3.05) is 7.11 Å². The lowest BCUT2D eigenvalue weighted by Gasteiger charge is -2.14. The average molecular weight is 399 g/mol. The van der Waals surface area contributed by atoms with Crippen LogP contribution in [-0.2, 0) is 29.2 Å². The number of carbonyl (C=O) groups is 1. The summed E-state index contributed by atoms with van der Waals surface area (Å²) < 4.78 is 49.3. The molecular weight excluding hydrogens is 387 g/mol. The van der Waals surface area contributed by atoms with Gasteiger partial charge >= 0.3 is 17.8 Å². The summed E-state index contributed by atoms with van der Waals surface area (Å²) in [5.41, 5.74) is -3.11. The summed E-state index contributed by atoms with van der Waals surface area (Å²) in [7, 11) is 2.17. The molecule has 0 N–H and O–H groups in total. The van der Waals surface area contributed by atoms with E-state index in [1.165, 1.54) is 19.2 Å². The lowest BCUT2D eigenvalue weighted by Crippen LogP contribution is -2.40. The molecule has 0 aliphatic heterocycles. The number of methoxy groups -OCH3 is 1. The number of alkyl halides is 3. The van der Waals surface area contributed by atoms with Crippen LogP contribution in [0.15, 0.2) is 33.9 Å². The Morgan fingerprint density at radius 3 is 2.59 bits per heavy atom. The van der Waals surface area contributed by atoms with Crippen molar-refractivity contribution in [1.82, 2.24) is 13.5 Å². The van der Waals surface area contributed by atoms with Crippen LogP contribution in [0.2, 0.25) is 0 Å². The zero-order valence-electron chi connectivity index (χ0n) is 14.0. The molecule has 0 aliphatic carbocycles. The molecular formula is C16H12F3N3O4S. The smallest absolute Gasteiger partial charge is 0.431 e. The van der Waals surface area contributed by atoms with E-state index in [1.807, 2.05) is 0 Å². The Balaban J connectivity index is 2.20. The van der Waals surface area contributed by atoms with Crippen molar-refractivity contribution >= 4 is 27.6 Å². The molecule has 0 saturated heterocycles. The number of aromatic nitrogens is 3. The molecule has 0 unspecified atom stereocenters. The quantitative estimate of drug-likeness (QED) is 0.628. The molecule has 0 atom stereocenters. The molecule has 3 aromatic rings. The van der Waals surface area contributed by atoms with E-state index in [9.17, 15) is 27.6 Å². The molecule has 2 heterocycles. The number of ether oxygens (including phenoxy) is 1. The Bertz CT molecular complexity index is 1160. The lowest BCUT2D eigenvalue weighted by atomic mass is 10.1. The molecule has 0 fully saturated rings. The Labute approximate surface area is 153 Å². The molecule has 0 amide bonds. The third-order valence-corrected chi connectivity index (χ3v) is 4.80. The number of hydrogen-bond acceptors (Lipinski definition) is 6. The van der Waals surface area contributed by atoms with Crippen LogP contribution in [0.1, 0.15) is 11.4 Å². The van der Waals surface area contributed by atoms with Gasteiger partial charge in [-0.2, -0.15) is 17.5 Å². The molecule has 0 saturated carbocycles. The second-order valence-corrected chi connectivity index (χ2v) is 6.41. The van der Waals surface area contributed by atoms with Crippen LogP contribution in [-0.4, -0.2) is 26.6 Å². The highest BCUT2D eigenvalue weighted by atomic mass is 32.1. The molecule has 2 aromatic heterocycles. The van der Waals surface area contributed by atoms with Gasteiger partial charge in [-0.05, 0) is 29.7 Å². The molecule has 11 heteroatoms. The summed E-state index contributed by atoms with van der Waals surface area (Å²) in [6, 6.07) is 4.81. The van der Waals surface area contributed by atoms with Crippen molar-refractivity contribution in [3.8, 4) is 5.69 Å². The van der Waals surface area contributed by atoms with Crippen molar-refractivity contribution in [2.24, 2.45) is 7.05 Å². The lowest BCUT2D eigenvalue weighted by molar-refractivity contribution is -0.144.